The summed E-state index contributed by atoms with van der Waals surface area (Å²) in [6, 6.07) is 0. The number of halogens is 2. The van der Waals surface area contributed by atoms with Gasteiger partial charge >= 0.3 is 11.9 Å². The Morgan fingerprint density at radius 1 is 1.27 bits per heavy atom. The molecule has 5 heteroatoms. The molecule has 0 bridgehead atoms. The van der Waals surface area contributed by atoms with Crippen LogP contribution in [0.5, 0.6) is 0 Å². The summed E-state index contributed by atoms with van der Waals surface area (Å²) in [7, 11) is 0. The molecule has 0 atom stereocenters. The number of hydrogen-bond donors (Lipinski definition) is 0. The lowest BCUT2D eigenvalue weighted by atomic mass is 10.1. The summed E-state index contributed by atoms with van der Waals surface area (Å²) in [5.74, 6) is -5.64. The van der Waals surface area contributed by atoms with E-state index in [9.17, 15) is 18.4 Å². The largest absolute Gasteiger partial charge is 0.466 e. The average molecular weight is 222 g/mol. The smallest absolute Gasteiger partial charge is 0.313 e. The highest BCUT2D eigenvalue weighted by Crippen LogP contribution is 2.23. The van der Waals surface area contributed by atoms with Crippen LogP contribution in [0.1, 0.15) is 39.5 Å². The normalized spacial score (nSPS) is 11.2. The Hall–Kier alpha value is -1.00. The van der Waals surface area contributed by atoms with Crippen molar-refractivity contribution in [2.45, 2.75) is 45.5 Å². The molecule has 0 aromatic rings. The van der Waals surface area contributed by atoms with E-state index in [1.54, 1.807) is 13.8 Å². The lowest BCUT2D eigenvalue weighted by Gasteiger charge is -2.13. The van der Waals surface area contributed by atoms with E-state index >= 15 is 0 Å². The molecule has 0 rings (SSSR count). The SMILES string of the molecule is CCCCC(F)(F)C(=O)CC(=O)OCC. The predicted octanol–water partition coefficient (Wildman–Crippen LogP) is 2.33. The van der Waals surface area contributed by atoms with Crippen molar-refractivity contribution in [3.8, 4) is 0 Å². The zero-order valence-corrected chi connectivity index (χ0v) is 9.02. The summed E-state index contributed by atoms with van der Waals surface area (Å²) < 4.78 is 30.5. The van der Waals surface area contributed by atoms with Crippen LogP contribution in [-0.4, -0.2) is 24.3 Å². The molecule has 0 fully saturated rings. The van der Waals surface area contributed by atoms with Gasteiger partial charge in [0.15, 0.2) is 0 Å². The third-order valence-electron chi connectivity index (χ3n) is 1.86. The van der Waals surface area contributed by atoms with Gasteiger partial charge in [-0.1, -0.05) is 13.3 Å². The van der Waals surface area contributed by atoms with Gasteiger partial charge < -0.3 is 4.74 Å². The van der Waals surface area contributed by atoms with Gasteiger partial charge in [-0.25, -0.2) is 0 Å². The molecule has 0 aliphatic carbocycles. The first-order chi connectivity index (χ1) is 6.94. The van der Waals surface area contributed by atoms with Crippen molar-refractivity contribution >= 4 is 11.8 Å². The van der Waals surface area contributed by atoms with Crippen LogP contribution in [0.2, 0.25) is 0 Å². The van der Waals surface area contributed by atoms with Gasteiger partial charge in [-0.15, -0.1) is 0 Å². The molecule has 15 heavy (non-hydrogen) atoms. The monoisotopic (exact) mass is 222 g/mol. The maximum atomic E-state index is 13.0. The van der Waals surface area contributed by atoms with E-state index < -0.39 is 30.5 Å². The zero-order valence-electron chi connectivity index (χ0n) is 9.02. The van der Waals surface area contributed by atoms with Gasteiger partial charge in [0.2, 0.25) is 5.78 Å². The number of ketones is 1. The Kier molecular flexibility index (Phi) is 6.05. The van der Waals surface area contributed by atoms with Crippen LogP contribution in [0.3, 0.4) is 0 Å². The number of carbonyl (C=O) groups excluding carboxylic acids is 2. The van der Waals surface area contributed by atoms with Crippen molar-refractivity contribution in [2.75, 3.05) is 6.61 Å². The Balaban J connectivity index is 4.12. The summed E-state index contributed by atoms with van der Waals surface area (Å²) in [5, 5.41) is 0. The van der Waals surface area contributed by atoms with Gasteiger partial charge in [0.05, 0.1) is 6.61 Å². The summed E-state index contributed by atoms with van der Waals surface area (Å²) in [5.41, 5.74) is 0. The Labute approximate surface area is 87.8 Å². The van der Waals surface area contributed by atoms with Crippen molar-refractivity contribution in [1.82, 2.24) is 0 Å². The van der Waals surface area contributed by atoms with Gasteiger partial charge in [-0.2, -0.15) is 8.78 Å². The van der Waals surface area contributed by atoms with Crippen LogP contribution in [0.25, 0.3) is 0 Å². The molecule has 0 heterocycles. The number of rotatable bonds is 7. The number of hydrogen-bond acceptors (Lipinski definition) is 3. The maximum absolute atomic E-state index is 13.0. The third kappa shape index (κ3) is 5.44. The lowest BCUT2D eigenvalue weighted by Crippen LogP contribution is -2.30. The molecule has 0 aromatic heterocycles. The second-order valence-electron chi connectivity index (χ2n) is 3.21. The highest BCUT2D eigenvalue weighted by Gasteiger charge is 2.38. The van der Waals surface area contributed by atoms with Crippen molar-refractivity contribution in [1.29, 1.82) is 0 Å². The lowest BCUT2D eigenvalue weighted by molar-refractivity contribution is -0.154. The first-order valence-electron chi connectivity index (χ1n) is 5.00. The van der Waals surface area contributed by atoms with E-state index in [0.717, 1.165) is 0 Å². The first kappa shape index (κ1) is 14.0. The molecule has 0 saturated heterocycles. The topological polar surface area (TPSA) is 43.4 Å². The molecule has 0 aliphatic heterocycles. The number of alkyl halides is 2. The molecule has 3 nitrogen and oxygen atoms in total. The fraction of sp³-hybridized carbons (Fsp3) is 0.800. The number of Topliss-reactive ketones (excluding diaryl/α,β-unsaturated/α-hetero) is 1. The van der Waals surface area contributed by atoms with Gasteiger partial charge in [-0.05, 0) is 13.3 Å². The van der Waals surface area contributed by atoms with Crippen LogP contribution >= 0.6 is 0 Å². The molecular weight excluding hydrogens is 206 g/mol. The van der Waals surface area contributed by atoms with E-state index in [2.05, 4.69) is 4.74 Å². The predicted molar refractivity (Wildman–Crippen MR) is 50.7 cm³/mol. The van der Waals surface area contributed by atoms with Crippen molar-refractivity contribution in [3.63, 3.8) is 0 Å². The highest BCUT2D eigenvalue weighted by atomic mass is 19.3. The standard InChI is InChI=1S/C10H16F2O3/c1-3-5-6-10(11,12)8(13)7-9(14)15-4-2/h3-7H2,1-2H3. The second kappa shape index (κ2) is 6.48. The quantitative estimate of drug-likeness (QED) is 0.490. The molecule has 0 spiro atoms. The zero-order chi connectivity index (χ0) is 11.9. The highest BCUT2D eigenvalue weighted by molar-refractivity contribution is 5.99. The minimum Gasteiger partial charge on any atom is -0.466 e. The van der Waals surface area contributed by atoms with Crippen LogP contribution in [-0.2, 0) is 14.3 Å². The summed E-state index contributed by atoms with van der Waals surface area (Å²) in [6.07, 6.45) is -0.490. The van der Waals surface area contributed by atoms with Crippen LogP contribution < -0.4 is 0 Å². The number of ether oxygens (including phenoxy) is 1. The van der Waals surface area contributed by atoms with E-state index in [4.69, 9.17) is 0 Å². The summed E-state index contributed by atoms with van der Waals surface area (Å²) in [4.78, 5) is 21.8. The molecule has 88 valence electrons. The molecule has 0 unspecified atom stereocenters. The molecule has 0 amide bonds. The molecule has 0 aromatic carbocycles. The number of carbonyl (C=O) groups is 2. The van der Waals surface area contributed by atoms with Crippen LogP contribution in [0.15, 0.2) is 0 Å². The maximum Gasteiger partial charge on any atom is 0.313 e. The van der Waals surface area contributed by atoms with Gasteiger partial charge in [0, 0.05) is 6.42 Å². The van der Waals surface area contributed by atoms with Gasteiger partial charge in [0.25, 0.3) is 0 Å². The Morgan fingerprint density at radius 3 is 2.33 bits per heavy atom. The average Bonchev–Trinajstić information content (AvgIpc) is 2.15. The van der Waals surface area contributed by atoms with E-state index in [1.165, 1.54) is 0 Å². The van der Waals surface area contributed by atoms with E-state index in [1.807, 2.05) is 0 Å². The van der Waals surface area contributed by atoms with Crippen LogP contribution in [0, 0.1) is 0 Å². The Bertz CT molecular complexity index is 227. The number of unbranched alkanes of at least 4 members (excludes halogenated alkanes) is 1. The minimum absolute atomic E-state index is 0.0899. The Morgan fingerprint density at radius 2 is 1.87 bits per heavy atom. The van der Waals surface area contributed by atoms with Crippen molar-refractivity contribution in [3.05, 3.63) is 0 Å². The van der Waals surface area contributed by atoms with E-state index in [-0.39, 0.29) is 13.0 Å². The fourth-order valence-electron chi connectivity index (χ4n) is 1.01. The van der Waals surface area contributed by atoms with Crippen molar-refractivity contribution in [2.24, 2.45) is 0 Å². The van der Waals surface area contributed by atoms with Gasteiger partial charge in [-0.3, -0.25) is 9.59 Å². The summed E-state index contributed by atoms with van der Waals surface area (Å²) in [6.45, 7) is 3.40. The second-order valence-corrected chi connectivity index (χ2v) is 3.21. The minimum atomic E-state index is -3.40. The summed E-state index contributed by atoms with van der Waals surface area (Å²) >= 11 is 0. The van der Waals surface area contributed by atoms with Crippen LogP contribution in [0.4, 0.5) is 8.78 Å². The van der Waals surface area contributed by atoms with E-state index in [0.29, 0.717) is 6.42 Å². The molecule has 0 radical (unpaired) electrons. The molecule has 0 aliphatic rings. The molecule has 0 N–H and O–H groups in total. The van der Waals surface area contributed by atoms with Crippen molar-refractivity contribution < 1.29 is 23.1 Å². The first-order valence-corrected chi connectivity index (χ1v) is 5.00. The third-order valence-corrected chi connectivity index (χ3v) is 1.86. The van der Waals surface area contributed by atoms with Gasteiger partial charge in [0.1, 0.15) is 6.42 Å². The number of esters is 1. The fourth-order valence-corrected chi connectivity index (χ4v) is 1.01. The molecule has 0 saturated carbocycles. The molecular formula is C10H16F2O3.